The van der Waals surface area contributed by atoms with Crippen LogP contribution in [0.2, 0.25) is 0 Å². The monoisotopic (exact) mass is 268 g/mol. The Balaban J connectivity index is 4.52. The van der Waals surface area contributed by atoms with E-state index in [1.807, 2.05) is 6.92 Å². The highest BCUT2D eigenvalue weighted by molar-refractivity contribution is 5.89. The van der Waals surface area contributed by atoms with E-state index in [0.717, 1.165) is 24.8 Å². The number of allylic oxidation sites excluding steroid dienone is 1. The number of carbonyl (C=O) groups is 1. The molecule has 0 bridgehead atoms. The van der Waals surface area contributed by atoms with Crippen molar-refractivity contribution in [2.24, 2.45) is 5.92 Å². The van der Waals surface area contributed by atoms with Crippen LogP contribution in [0.3, 0.4) is 0 Å². The van der Waals surface area contributed by atoms with E-state index in [9.17, 15) is 4.79 Å². The van der Waals surface area contributed by atoms with Gasteiger partial charge in [0.2, 0.25) is 0 Å². The van der Waals surface area contributed by atoms with Gasteiger partial charge in [-0.2, -0.15) is 0 Å². The molecule has 0 unspecified atom stereocenters. The van der Waals surface area contributed by atoms with Crippen LogP contribution in [0.4, 0.5) is 0 Å². The predicted octanol–water partition coefficient (Wildman–Crippen LogP) is 5.27. The molecule has 19 heavy (non-hydrogen) atoms. The lowest BCUT2D eigenvalue weighted by Gasteiger charge is -2.13. The van der Waals surface area contributed by atoms with Crippen LogP contribution < -0.4 is 0 Å². The first kappa shape index (κ1) is 18.2. The van der Waals surface area contributed by atoms with Gasteiger partial charge in [-0.15, -0.1) is 0 Å². The molecule has 0 aromatic heterocycles. The molecule has 0 N–H and O–H groups in total. The molecule has 0 spiro atoms. The van der Waals surface area contributed by atoms with Crippen molar-refractivity contribution < 1.29 is 9.53 Å². The van der Waals surface area contributed by atoms with E-state index in [1.54, 1.807) is 0 Å². The topological polar surface area (TPSA) is 26.3 Å². The highest BCUT2D eigenvalue weighted by Gasteiger charge is 2.14. The maximum absolute atomic E-state index is 12.0. The Morgan fingerprint density at radius 3 is 2.26 bits per heavy atom. The first-order chi connectivity index (χ1) is 9.02. The van der Waals surface area contributed by atoms with Crippen LogP contribution >= 0.6 is 0 Å². The van der Waals surface area contributed by atoms with Gasteiger partial charge in [-0.1, -0.05) is 45.6 Å². The van der Waals surface area contributed by atoms with Crippen molar-refractivity contribution >= 4 is 5.97 Å². The molecule has 0 saturated carbocycles. The summed E-state index contributed by atoms with van der Waals surface area (Å²) in [6, 6.07) is 0. The van der Waals surface area contributed by atoms with Crippen LogP contribution in [0.5, 0.6) is 0 Å². The molecule has 0 atom stereocenters. The zero-order valence-corrected chi connectivity index (χ0v) is 13.6. The van der Waals surface area contributed by atoms with E-state index in [2.05, 4.69) is 27.7 Å². The first-order valence-corrected chi connectivity index (χ1v) is 7.88. The zero-order valence-electron chi connectivity index (χ0n) is 13.6. The molecule has 0 aliphatic heterocycles. The van der Waals surface area contributed by atoms with E-state index in [0.29, 0.717) is 12.5 Å². The highest BCUT2D eigenvalue weighted by Crippen LogP contribution is 2.21. The summed E-state index contributed by atoms with van der Waals surface area (Å²) in [5, 5.41) is 0. The lowest BCUT2D eigenvalue weighted by atomic mass is 9.96. The Hall–Kier alpha value is -0.790. The summed E-state index contributed by atoms with van der Waals surface area (Å²) in [7, 11) is 0. The molecule has 0 amide bonds. The van der Waals surface area contributed by atoms with Gasteiger partial charge in [0.1, 0.15) is 0 Å². The second kappa shape index (κ2) is 11.1. The molecular weight excluding hydrogens is 236 g/mol. The SMILES string of the molecule is CCCCCC/C(C)=C(/CCC(C)C)C(=O)OCC. The summed E-state index contributed by atoms with van der Waals surface area (Å²) in [6.07, 6.45) is 7.93. The van der Waals surface area contributed by atoms with Crippen LogP contribution in [-0.2, 0) is 9.53 Å². The zero-order chi connectivity index (χ0) is 14.7. The van der Waals surface area contributed by atoms with E-state index >= 15 is 0 Å². The van der Waals surface area contributed by atoms with Crippen LogP contribution in [0.1, 0.15) is 79.6 Å². The molecule has 0 aliphatic carbocycles. The third kappa shape index (κ3) is 8.85. The van der Waals surface area contributed by atoms with E-state index in [1.165, 1.54) is 31.3 Å². The van der Waals surface area contributed by atoms with Crippen molar-refractivity contribution in [1.82, 2.24) is 0 Å². The summed E-state index contributed by atoms with van der Waals surface area (Å²) >= 11 is 0. The Kier molecular flexibility index (Phi) is 10.6. The van der Waals surface area contributed by atoms with Crippen molar-refractivity contribution in [3.8, 4) is 0 Å². The summed E-state index contributed by atoms with van der Waals surface area (Å²) < 4.78 is 5.19. The minimum absolute atomic E-state index is 0.101. The lowest BCUT2D eigenvalue weighted by Crippen LogP contribution is -2.10. The van der Waals surface area contributed by atoms with Gasteiger partial charge >= 0.3 is 5.97 Å². The highest BCUT2D eigenvalue weighted by atomic mass is 16.5. The molecule has 2 heteroatoms. The number of carbonyl (C=O) groups excluding carboxylic acids is 1. The van der Waals surface area contributed by atoms with E-state index in [4.69, 9.17) is 4.74 Å². The normalized spacial score (nSPS) is 12.5. The molecule has 0 heterocycles. The molecule has 0 aromatic rings. The second-order valence-corrected chi connectivity index (χ2v) is 5.72. The summed E-state index contributed by atoms with van der Waals surface area (Å²) in [5.74, 6) is 0.522. The van der Waals surface area contributed by atoms with Crippen molar-refractivity contribution in [2.75, 3.05) is 6.61 Å². The van der Waals surface area contributed by atoms with Gasteiger partial charge in [0.05, 0.1) is 6.61 Å². The largest absolute Gasteiger partial charge is 0.463 e. The molecule has 2 nitrogen and oxygen atoms in total. The van der Waals surface area contributed by atoms with Crippen LogP contribution in [0, 0.1) is 5.92 Å². The van der Waals surface area contributed by atoms with Crippen LogP contribution in [0.25, 0.3) is 0 Å². The van der Waals surface area contributed by atoms with Gasteiger partial charge in [0.25, 0.3) is 0 Å². The van der Waals surface area contributed by atoms with E-state index < -0.39 is 0 Å². The maximum atomic E-state index is 12.0. The number of esters is 1. The second-order valence-electron chi connectivity index (χ2n) is 5.72. The molecule has 0 radical (unpaired) electrons. The smallest absolute Gasteiger partial charge is 0.333 e. The summed E-state index contributed by atoms with van der Waals surface area (Å²) in [5.41, 5.74) is 2.15. The first-order valence-electron chi connectivity index (χ1n) is 7.88. The molecule has 112 valence electrons. The van der Waals surface area contributed by atoms with Crippen molar-refractivity contribution in [2.45, 2.75) is 79.6 Å². The minimum atomic E-state index is -0.101. The molecular formula is C17H32O2. The van der Waals surface area contributed by atoms with Crippen molar-refractivity contribution in [3.05, 3.63) is 11.1 Å². The number of rotatable bonds is 10. The standard InChI is InChI=1S/C17H32O2/c1-6-8-9-10-11-15(5)16(13-12-14(3)4)17(18)19-7-2/h14H,6-13H2,1-5H3/b16-15-. The molecule has 0 fully saturated rings. The molecule has 0 aliphatic rings. The number of unbranched alkanes of at least 4 members (excludes halogenated alkanes) is 3. The summed E-state index contributed by atoms with van der Waals surface area (Å²) in [4.78, 5) is 12.0. The van der Waals surface area contributed by atoms with Gasteiger partial charge in [-0.05, 0) is 45.4 Å². The molecule has 0 saturated heterocycles. The summed E-state index contributed by atoms with van der Waals surface area (Å²) in [6.45, 7) is 11.0. The van der Waals surface area contributed by atoms with Crippen LogP contribution in [-0.4, -0.2) is 12.6 Å². The molecule has 0 aromatic carbocycles. The van der Waals surface area contributed by atoms with Gasteiger partial charge < -0.3 is 4.74 Å². The quantitative estimate of drug-likeness (QED) is 0.306. The van der Waals surface area contributed by atoms with Gasteiger partial charge in [-0.3, -0.25) is 0 Å². The number of hydrogen-bond acceptors (Lipinski definition) is 2. The van der Waals surface area contributed by atoms with Gasteiger partial charge in [0, 0.05) is 5.57 Å². The number of ether oxygens (including phenoxy) is 1. The Morgan fingerprint density at radius 1 is 1.05 bits per heavy atom. The fourth-order valence-corrected chi connectivity index (χ4v) is 2.11. The van der Waals surface area contributed by atoms with Crippen molar-refractivity contribution in [3.63, 3.8) is 0 Å². The van der Waals surface area contributed by atoms with E-state index in [-0.39, 0.29) is 5.97 Å². The average Bonchev–Trinajstić information content (AvgIpc) is 2.35. The lowest BCUT2D eigenvalue weighted by molar-refractivity contribution is -0.138. The fourth-order valence-electron chi connectivity index (χ4n) is 2.11. The van der Waals surface area contributed by atoms with Gasteiger partial charge in [-0.25, -0.2) is 4.79 Å². The fraction of sp³-hybridized carbons (Fsp3) is 0.824. The Morgan fingerprint density at radius 2 is 1.74 bits per heavy atom. The molecule has 0 rings (SSSR count). The third-order valence-corrected chi connectivity index (χ3v) is 3.41. The number of hydrogen-bond donors (Lipinski definition) is 0. The predicted molar refractivity (Wildman–Crippen MR) is 82.2 cm³/mol. The Labute approximate surface area is 119 Å². The van der Waals surface area contributed by atoms with Crippen LogP contribution in [0.15, 0.2) is 11.1 Å². The maximum Gasteiger partial charge on any atom is 0.333 e. The third-order valence-electron chi connectivity index (χ3n) is 3.41. The average molecular weight is 268 g/mol. The Bertz CT molecular complexity index is 277. The minimum Gasteiger partial charge on any atom is -0.463 e. The van der Waals surface area contributed by atoms with Crippen molar-refractivity contribution in [1.29, 1.82) is 0 Å². The van der Waals surface area contributed by atoms with Gasteiger partial charge in [0.15, 0.2) is 0 Å².